The van der Waals surface area contributed by atoms with E-state index in [4.69, 9.17) is 0 Å². The summed E-state index contributed by atoms with van der Waals surface area (Å²) in [7, 11) is -7.31. The molecule has 0 fully saturated rings. The molecule has 1 unspecified atom stereocenters. The van der Waals surface area contributed by atoms with Gasteiger partial charge in [-0.25, -0.2) is 16.8 Å². The lowest BCUT2D eigenvalue weighted by Gasteiger charge is -2.18. The van der Waals surface area contributed by atoms with Crippen molar-refractivity contribution in [3.8, 4) is 22.3 Å². The Morgan fingerprint density at radius 3 is 2.02 bits per heavy atom. The maximum Gasteiger partial charge on any atom is 0.263 e. The summed E-state index contributed by atoms with van der Waals surface area (Å²) in [5.74, 6) is -0.181. The van der Waals surface area contributed by atoms with Crippen molar-refractivity contribution in [2.75, 3.05) is 0 Å². The molecule has 3 aliphatic rings. The molecule has 11 rings (SSSR count). The zero-order valence-corrected chi connectivity index (χ0v) is 28.4. The molecule has 8 heteroatoms. The van der Waals surface area contributed by atoms with Gasteiger partial charge in [0.15, 0.2) is 0 Å². The van der Waals surface area contributed by atoms with Crippen LogP contribution in [0.2, 0.25) is 0 Å². The Balaban J connectivity index is 1.15. The first-order chi connectivity index (χ1) is 24.7. The van der Waals surface area contributed by atoms with Gasteiger partial charge in [0.25, 0.3) is 5.56 Å². The number of sulfone groups is 2. The van der Waals surface area contributed by atoms with Gasteiger partial charge in [-0.05, 0) is 82.6 Å². The van der Waals surface area contributed by atoms with Crippen LogP contribution in [0, 0.1) is 0 Å². The monoisotopic (exact) mass is 699 g/mol. The van der Waals surface area contributed by atoms with E-state index in [0.29, 0.717) is 37.6 Å². The summed E-state index contributed by atoms with van der Waals surface area (Å²) in [5, 5.41) is 4.06. The minimum absolute atomic E-state index is 0.109. The minimum Gasteiger partial charge on any atom is -0.275 e. The van der Waals surface area contributed by atoms with Gasteiger partial charge in [0.2, 0.25) is 19.7 Å². The first-order valence-electron chi connectivity index (χ1n) is 16.7. The van der Waals surface area contributed by atoms with Crippen molar-refractivity contribution in [1.29, 1.82) is 0 Å². The van der Waals surface area contributed by atoms with E-state index >= 15 is 0 Å². The van der Waals surface area contributed by atoms with E-state index in [1.807, 2.05) is 84.9 Å². The predicted octanol–water partition coefficient (Wildman–Crippen LogP) is 8.92. The van der Waals surface area contributed by atoms with Crippen LogP contribution in [0.5, 0.6) is 0 Å². The van der Waals surface area contributed by atoms with Gasteiger partial charge >= 0.3 is 0 Å². The second kappa shape index (κ2) is 9.69. The first kappa shape index (κ1) is 29.0. The van der Waals surface area contributed by atoms with E-state index in [0.717, 1.165) is 60.4 Å². The molecule has 0 radical (unpaired) electrons. The highest BCUT2D eigenvalue weighted by atomic mass is 32.2. The van der Waals surface area contributed by atoms with Crippen molar-refractivity contribution in [3.05, 3.63) is 160 Å². The molecule has 51 heavy (non-hydrogen) atoms. The van der Waals surface area contributed by atoms with Crippen molar-refractivity contribution in [3.63, 3.8) is 0 Å². The van der Waals surface area contributed by atoms with Crippen LogP contribution in [0.3, 0.4) is 0 Å². The zero-order valence-electron chi connectivity index (χ0n) is 26.8. The Hall–Kier alpha value is -5.83. The van der Waals surface area contributed by atoms with Gasteiger partial charge in [0.1, 0.15) is 0 Å². The Morgan fingerprint density at radius 2 is 1.22 bits per heavy atom. The summed E-state index contributed by atoms with van der Waals surface area (Å²) < 4.78 is 56.2. The standard InChI is InChI=1S/C43H25NO5S2/c45-43-33-10-2-1-7-28(33)35-20-27(26-14-17-32-30-9-4-6-12-39(30)51(48,49)41(32)23-26)21-36-34-19-24(15-18-37(34)44(43)42(35)36)25-13-16-31-29-8-3-5-11-38(29)50(46,47)40(31)22-25/h1-12,14-23,25H,13H2. The molecular formula is C43H25NO5S2. The van der Waals surface area contributed by atoms with Crippen molar-refractivity contribution >= 4 is 63.2 Å². The van der Waals surface area contributed by atoms with Crippen LogP contribution in [-0.2, 0) is 19.7 Å². The fourth-order valence-corrected chi connectivity index (χ4v) is 12.1. The number of aromatic nitrogens is 1. The molecule has 6 aromatic carbocycles. The Bertz CT molecular complexity index is 3280. The van der Waals surface area contributed by atoms with Gasteiger partial charge in [0, 0.05) is 44.2 Å². The highest BCUT2D eigenvalue weighted by Gasteiger charge is 2.38. The van der Waals surface area contributed by atoms with E-state index in [1.165, 1.54) is 0 Å². The third-order valence-corrected chi connectivity index (χ3v) is 14.7. The SMILES string of the molecule is O=c1c2ccccc2c2cc(-c3ccc4c(c3)S(=O)(=O)c3ccccc3-4)cc3c4cc(C5C=C6C(=CC5)c5ccccc5S6(=O)=O)ccc4n1c23. The van der Waals surface area contributed by atoms with Crippen LogP contribution in [0.4, 0.5) is 0 Å². The second-order valence-corrected chi connectivity index (χ2v) is 17.4. The normalized spacial score (nSPS) is 18.1. The van der Waals surface area contributed by atoms with Crippen LogP contribution in [0.1, 0.15) is 23.5 Å². The average molecular weight is 700 g/mol. The van der Waals surface area contributed by atoms with Crippen molar-refractivity contribution < 1.29 is 16.8 Å². The quantitative estimate of drug-likeness (QED) is 0.168. The molecule has 244 valence electrons. The van der Waals surface area contributed by atoms with Gasteiger partial charge < -0.3 is 0 Å². The number of fused-ring (bicyclic) bond motifs is 11. The van der Waals surface area contributed by atoms with Crippen LogP contribution in [0.15, 0.2) is 158 Å². The molecular weight excluding hydrogens is 675 g/mol. The maximum atomic E-state index is 14.1. The number of nitrogens with zero attached hydrogens (tertiary/aromatic N) is 1. The van der Waals surface area contributed by atoms with Crippen LogP contribution in [0.25, 0.3) is 65.8 Å². The molecule has 1 aliphatic carbocycles. The number of allylic oxidation sites excluding steroid dienone is 3. The van der Waals surface area contributed by atoms with E-state index < -0.39 is 19.7 Å². The van der Waals surface area contributed by atoms with Crippen molar-refractivity contribution in [2.24, 2.45) is 0 Å². The number of pyridine rings is 1. The first-order valence-corrected chi connectivity index (χ1v) is 19.7. The van der Waals surface area contributed by atoms with E-state index in [-0.39, 0.29) is 16.4 Å². The minimum atomic E-state index is -3.68. The lowest BCUT2D eigenvalue weighted by atomic mass is 9.87. The van der Waals surface area contributed by atoms with Gasteiger partial charge in [-0.2, -0.15) is 0 Å². The summed E-state index contributed by atoms with van der Waals surface area (Å²) in [6.07, 6.45) is 4.55. The molecule has 0 amide bonds. The lowest BCUT2D eigenvalue weighted by Crippen LogP contribution is -2.12. The molecule has 1 atom stereocenters. The third kappa shape index (κ3) is 3.68. The van der Waals surface area contributed by atoms with Gasteiger partial charge in [-0.1, -0.05) is 84.9 Å². The topological polar surface area (TPSA) is 89.8 Å². The predicted molar refractivity (Wildman–Crippen MR) is 201 cm³/mol. The second-order valence-electron chi connectivity index (χ2n) is 13.6. The Labute approximate surface area is 292 Å². The molecule has 0 saturated carbocycles. The van der Waals surface area contributed by atoms with Crippen LogP contribution >= 0.6 is 0 Å². The highest BCUT2D eigenvalue weighted by molar-refractivity contribution is 7.96. The average Bonchev–Trinajstić information content (AvgIpc) is 3.70. The fraction of sp³-hybridized carbons (Fsp3) is 0.0465. The molecule has 0 bridgehead atoms. The highest BCUT2D eigenvalue weighted by Crippen LogP contribution is 2.49. The largest absolute Gasteiger partial charge is 0.275 e. The molecule has 0 saturated heterocycles. The molecule has 4 heterocycles. The summed E-state index contributed by atoms with van der Waals surface area (Å²) in [6, 6.07) is 37.6. The van der Waals surface area contributed by atoms with Crippen LogP contribution < -0.4 is 5.56 Å². The lowest BCUT2D eigenvalue weighted by molar-refractivity contribution is 0.598. The summed E-state index contributed by atoms with van der Waals surface area (Å²) >= 11 is 0. The summed E-state index contributed by atoms with van der Waals surface area (Å²) in [5.41, 5.74) is 6.92. The van der Waals surface area contributed by atoms with Gasteiger partial charge in [-0.3, -0.25) is 9.20 Å². The molecule has 2 aromatic heterocycles. The molecule has 6 nitrogen and oxygen atoms in total. The summed E-state index contributed by atoms with van der Waals surface area (Å²) in [6.45, 7) is 0. The molecule has 8 aromatic rings. The smallest absolute Gasteiger partial charge is 0.263 e. The van der Waals surface area contributed by atoms with Gasteiger partial charge in [0.05, 0.1) is 30.6 Å². The van der Waals surface area contributed by atoms with Crippen molar-refractivity contribution in [1.82, 2.24) is 4.40 Å². The number of rotatable bonds is 2. The number of hydrogen-bond donors (Lipinski definition) is 0. The zero-order chi connectivity index (χ0) is 34.4. The van der Waals surface area contributed by atoms with E-state index in [1.54, 1.807) is 34.7 Å². The Morgan fingerprint density at radius 1 is 0.549 bits per heavy atom. The van der Waals surface area contributed by atoms with Crippen molar-refractivity contribution in [2.45, 2.75) is 27.0 Å². The van der Waals surface area contributed by atoms with Crippen LogP contribution in [-0.4, -0.2) is 21.2 Å². The number of benzene rings is 6. The third-order valence-electron chi connectivity index (χ3n) is 11.0. The summed E-state index contributed by atoms with van der Waals surface area (Å²) in [4.78, 5) is 15.4. The Kier molecular flexibility index (Phi) is 5.50. The maximum absolute atomic E-state index is 14.1. The molecule has 2 aliphatic heterocycles. The number of hydrogen-bond acceptors (Lipinski definition) is 5. The van der Waals surface area contributed by atoms with Gasteiger partial charge in [-0.15, -0.1) is 0 Å². The molecule has 0 N–H and O–H groups in total. The molecule has 0 spiro atoms. The van der Waals surface area contributed by atoms with E-state index in [9.17, 15) is 21.6 Å². The fourth-order valence-electron chi connectivity index (χ4n) is 8.63. The van der Waals surface area contributed by atoms with E-state index in [2.05, 4.69) is 18.2 Å².